The molecule has 1 saturated heterocycles. The van der Waals surface area contributed by atoms with Crippen molar-refractivity contribution < 1.29 is 4.79 Å². The Kier molecular flexibility index (Phi) is 5.86. The lowest BCUT2D eigenvalue weighted by atomic mass is 10.1. The average Bonchev–Trinajstić information content (AvgIpc) is 3.28. The molecule has 2 heterocycles. The van der Waals surface area contributed by atoms with Crippen molar-refractivity contribution in [2.45, 2.75) is 13.5 Å². The number of hydrogen-bond acceptors (Lipinski definition) is 5. The van der Waals surface area contributed by atoms with Crippen LogP contribution in [0.4, 0.5) is 11.4 Å². The molecule has 1 N–H and O–H groups in total. The number of para-hydroxylation sites is 2. The molecule has 0 spiro atoms. The van der Waals surface area contributed by atoms with Gasteiger partial charge in [0, 0.05) is 31.7 Å². The zero-order valence-corrected chi connectivity index (χ0v) is 16.7. The molecule has 1 amide bonds. The van der Waals surface area contributed by atoms with Gasteiger partial charge in [-0.1, -0.05) is 31.2 Å². The average molecular weight is 390 g/mol. The number of aromatic nitrogens is 3. The zero-order chi connectivity index (χ0) is 20.1. The van der Waals surface area contributed by atoms with E-state index in [1.165, 1.54) is 6.33 Å². The number of carbonyl (C=O) groups is 1. The summed E-state index contributed by atoms with van der Waals surface area (Å²) >= 11 is 0. The summed E-state index contributed by atoms with van der Waals surface area (Å²) in [6.45, 7) is 7.95. The van der Waals surface area contributed by atoms with Crippen molar-refractivity contribution in [3.05, 3.63) is 72.3 Å². The van der Waals surface area contributed by atoms with Gasteiger partial charge in [-0.25, -0.2) is 9.67 Å². The first-order valence-corrected chi connectivity index (χ1v) is 10.0. The van der Waals surface area contributed by atoms with E-state index in [9.17, 15) is 4.79 Å². The Morgan fingerprint density at radius 1 is 1.03 bits per heavy atom. The highest BCUT2D eigenvalue weighted by Gasteiger charge is 2.19. The number of anilines is 2. The van der Waals surface area contributed by atoms with Crippen LogP contribution in [0.2, 0.25) is 0 Å². The Bertz CT molecular complexity index is 930. The van der Waals surface area contributed by atoms with Crippen molar-refractivity contribution in [2.75, 3.05) is 42.9 Å². The van der Waals surface area contributed by atoms with Crippen molar-refractivity contribution in [1.29, 1.82) is 0 Å². The van der Waals surface area contributed by atoms with E-state index in [0.717, 1.165) is 49.7 Å². The van der Waals surface area contributed by atoms with E-state index < -0.39 is 0 Å². The monoisotopic (exact) mass is 390 g/mol. The number of piperazine rings is 1. The van der Waals surface area contributed by atoms with Crippen molar-refractivity contribution in [1.82, 2.24) is 19.7 Å². The third-order valence-electron chi connectivity index (χ3n) is 5.34. The van der Waals surface area contributed by atoms with Gasteiger partial charge in [-0.15, -0.1) is 0 Å². The molecule has 0 atom stereocenters. The molecule has 0 bridgehead atoms. The van der Waals surface area contributed by atoms with E-state index in [1.807, 2.05) is 42.5 Å². The molecular weight excluding hydrogens is 364 g/mol. The first-order chi connectivity index (χ1) is 14.2. The summed E-state index contributed by atoms with van der Waals surface area (Å²) < 4.78 is 1.75. The fraction of sp³-hybridized carbons (Fsp3) is 0.318. The number of carbonyl (C=O) groups excluding carboxylic acids is 1. The van der Waals surface area contributed by atoms with Crippen molar-refractivity contribution in [3.63, 3.8) is 0 Å². The number of benzene rings is 2. The molecule has 7 heteroatoms. The van der Waals surface area contributed by atoms with Gasteiger partial charge >= 0.3 is 0 Å². The molecule has 0 unspecified atom stereocenters. The second-order valence-electron chi connectivity index (χ2n) is 7.18. The summed E-state index contributed by atoms with van der Waals surface area (Å²) in [5.41, 5.74) is 3.65. The molecule has 150 valence electrons. The van der Waals surface area contributed by atoms with Gasteiger partial charge in [0.05, 0.1) is 17.9 Å². The molecule has 1 fully saturated rings. The fourth-order valence-electron chi connectivity index (χ4n) is 3.62. The molecule has 4 rings (SSSR count). The van der Waals surface area contributed by atoms with Gasteiger partial charge in [-0.2, -0.15) is 5.10 Å². The lowest BCUT2D eigenvalue weighted by Gasteiger charge is -2.36. The van der Waals surface area contributed by atoms with E-state index in [-0.39, 0.29) is 5.91 Å². The van der Waals surface area contributed by atoms with Crippen LogP contribution >= 0.6 is 0 Å². The normalized spacial score (nSPS) is 14.7. The summed E-state index contributed by atoms with van der Waals surface area (Å²) in [6, 6.07) is 15.6. The Balaban J connectivity index is 1.43. The van der Waals surface area contributed by atoms with Gasteiger partial charge in [0.2, 0.25) is 0 Å². The van der Waals surface area contributed by atoms with Gasteiger partial charge in [0.25, 0.3) is 5.91 Å². The van der Waals surface area contributed by atoms with E-state index in [4.69, 9.17) is 0 Å². The number of nitrogens with one attached hydrogen (secondary N) is 1. The molecular formula is C22H26N6O. The van der Waals surface area contributed by atoms with E-state index in [1.54, 1.807) is 11.0 Å². The summed E-state index contributed by atoms with van der Waals surface area (Å²) in [7, 11) is 0. The molecule has 0 saturated carbocycles. The lowest BCUT2D eigenvalue weighted by Crippen LogP contribution is -2.46. The Morgan fingerprint density at radius 2 is 1.79 bits per heavy atom. The van der Waals surface area contributed by atoms with E-state index >= 15 is 0 Å². The van der Waals surface area contributed by atoms with Gasteiger partial charge in [-0.05, 0) is 36.4 Å². The standard InChI is InChI=1S/C22H26N6O/c1-2-26-11-13-27(14-12-26)21-6-4-3-5-20(21)25-22(29)19-9-7-18(8-10-19)15-28-17-23-16-24-28/h3-10,16-17H,2,11-15H2,1H3,(H,25,29). The third-order valence-corrected chi connectivity index (χ3v) is 5.34. The smallest absolute Gasteiger partial charge is 0.255 e. The van der Waals surface area contributed by atoms with Crippen molar-refractivity contribution >= 4 is 17.3 Å². The topological polar surface area (TPSA) is 66.3 Å². The minimum absolute atomic E-state index is 0.100. The predicted octanol–water partition coefficient (Wildman–Crippen LogP) is 2.72. The first-order valence-electron chi connectivity index (χ1n) is 10.0. The zero-order valence-electron chi connectivity index (χ0n) is 16.7. The summed E-state index contributed by atoms with van der Waals surface area (Å²) in [4.78, 5) is 21.6. The second-order valence-corrected chi connectivity index (χ2v) is 7.18. The molecule has 1 aliphatic heterocycles. The Labute approximate surface area is 171 Å². The first kappa shape index (κ1) is 19.1. The number of rotatable bonds is 6. The molecule has 0 aliphatic carbocycles. The summed E-state index contributed by atoms with van der Waals surface area (Å²) in [6.07, 6.45) is 3.19. The van der Waals surface area contributed by atoms with Gasteiger partial charge in [-0.3, -0.25) is 4.79 Å². The third kappa shape index (κ3) is 4.63. The molecule has 2 aromatic carbocycles. The van der Waals surface area contributed by atoms with Crippen LogP contribution < -0.4 is 10.2 Å². The minimum atomic E-state index is -0.100. The van der Waals surface area contributed by atoms with Crippen LogP contribution in [0.5, 0.6) is 0 Å². The molecule has 0 radical (unpaired) electrons. The Hall–Kier alpha value is -3.19. The second kappa shape index (κ2) is 8.87. The number of nitrogens with zero attached hydrogens (tertiary/aromatic N) is 5. The summed E-state index contributed by atoms with van der Waals surface area (Å²) in [5, 5.41) is 7.20. The van der Waals surface area contributed by atoms with Gasteiger partial charge in [0.15, 0.2) is 0 Å². The quantitative estimate of drug-likeness (QED) is 0.701. The summed E-state index contributed by atoms with van der Waals surface area (Å²) in [5.74, 6) is -0.100. The maximum Gasteiger partial charge on any atom is 0.255 e. The van der Waals surface area contributed by atoms with Crippen LogP contribution in [-0.4, -0.2) is 58.3 Å². The van der Waals surface area contributed by atoms with Crippen LogP contribution in [0.3, 0.4) is 0 Å². The lowest BCUT2D eigenvalue weighted by molar-refractivity contribution is 0.102. The van der Waals surface area contributed by atoms with Gasteiger partial charge < -0.3 is 15.1 Å². The maximum absolute atomic E-state index is 12.8. The highest BCUT2D eigenvalue weighted by Crippen LogP contribution is 2.27. The molecule has 1 aromatic heterocycles. The van der Waals surface area contributed by atoms with Crippen LogP contribution in [0, 0.1) is 0 Å². The van der Waals surface area contributed by atoms with Gasteiger partial charge in [0.1, 0.15) is 12.7 Å². The highest BCUT2D eigenvalue weighted by molar-refractivity contribution is 6.06. The number of likely N-dealkylation sites (N-methyl/N-ethyl adjacent to an activating group) is 1. The SMILES string of the molecule is CCN1CCN(c2ccccc2NC(=O)c2ccc(Cn3cncn3)cc2)CC1. The number of amides is 1. The van der Waals surface area contributed by atoms with Crippen molar-refractivity contribution in [2.24, 2.45) is 0 Å². The van der Waals surface area contributed by atoms with Crippen LogP contribution in [0.25, 0.3) is 0 Å². The van der Waals surface area contributed by atoms with Crippen LogP contribution in [-0.2, 0) is 6.54 Å². The molecule has 3 aromatic rings. The maximum atomic E-state index is 12.8. The van der Waals surface area contributed by atoms with Crippen LogP contribution in [0.15, 0.2) is 61.2 Å². The van der Waals surface area contributed by atoms with E-state index in [0.29, 0.717) is 12.1 Å². The van der Waals surface area contributed by atoms with E-state index in [2.05, 4.69) is 38.2 Å². The molecule has 29 heavy (non-hydrogen) atoms. The minimum Gasteiger partial charge on any atom is -0.367 e. The Morgan fingerprint density at radius 3 is 2.48 bits per heavy atom. The molecule has 1 aliphatic rings. The number of hydrogen-bond donors (Lipinski definition) is 1. The highest BCUT2D eigenvalue weighted by atomic mass is 16.1. The fourth-order valence-corrected chi connectivity index (χ4v) is 3.62. The predicted molar refractivity (Wildman–Crippen MR) is 114 cm³/mol. The molecule has 7 nitrogen and oxygen atoms in total. The van der Waals surface area contributed by atoms with Crippen molar-refractivity contribution in [3.8, 4) is 0 Å². The van der Waals surface area contributed by atoms with Crippen LogP contribution in [0.1, 0.15) is 22.8 Å². The largest absolute Gasteiger partial charge is 0.367 e.